The standard InChI is InChI=1S/C17H23NO2/c1-7-14-10-8-9-11-15(14)12-18(13(2)3)16(19)20-17(4,5)6/h7-11H,1-2,12H2,3-6H3. The maximum absolute atomic E-state index is 12.2. The minimum absolute atomic E-state index is 0.385. The van der Waals surface area contributed by atoms with Crippen molar-refractivity contribution in [3.05, 3.63) is 54.2 Å². The van der Waals surface area contributed by atoms with Crippen LogP contribution >= 0.6 is 0 Å². The molecular formula is C17H23NO2. The summed E-state index contributed by atoms with van der Waals surface area (Å²) in [4.78, 5) is 13.8. The van der Waals surface area contributed by atoms with Crippen LogP contribution in [0.15, 0.2) is 43.1 Å². The van der Waals surface area contributed by atoms with Gasteiger partial charge in [-0.3, -0.25) is 4.90 Å². The van der Waals surface area contributed by atoms with E-state index in [0.717, 1.165) is 11.1 Å². The Balaban J connectivity index is 2.96. The van der Waals surface area contributed by atoms with Crippen LogP contribution < -0.4 is 0 Å². The van der Waals surface area contributed by atoms with Crippen molar-refractivity contribution in [3.63, 3.8) is 0 Å². The number of carbonyl (C=O) groups excluding carboxylic acids is 1. The Morgan fingerprint density at radius 1 is 1.35 bits per heavy atom. The van der Waals surface area contributed by atoms with Gasteiger partial charge in [0.25, 0.3) is 0 Å². The highest BCUT2D eigenvalue weighted by molar-refractivity contribution is 5.70. The van der Waals surface area contributed by atoms with Crippen molar-refractivity contribution < 1.29 is 9.53 Å². The zero-order valence-corrected chi connectivity index (χ0v) is 12.8. The second-order valence-corrected chi connectivity index (χ2v) is 5.70. The molecule has 108 valence electrons. The van der Waals surface area contributed by atoms with Crippen molar-refractivity contribution in [2.45, 2.75) is 39.8 Å². The van der Waals surface area contributed by atoms with Crippen LogP contribution in [-0.4, -0.2) is 16.6 Å². The lowest BCUT2D eigenvalue weighted by molar-refractivity contribution is 0.0302. The molecule has 0 heterocycles. The van der Waals surface area contributed by atoms with Gasteiger partial charge in [-0.15, -0.1) is 0 Å². The van der Waals surface area contributed by atoms with Gasteiger partial charge in [-0.25, -0.2) is 4.79 Å². The summed E-state index contributed by atoms with van der Waals surface area (Å²) in [5.41, 5.74) is 2.14. The van der Waals surface area contributed by atoms with E-state index in [0.29, 0.717) is 12.2 Å². The quantitative estimate of drug-likeness (QED) is 0.802. The lowest BCUT2D eigenvalue weighted by atomic mass is 10.1. The fourth-order valence-electron chi connectivity index (χ4n) is 1.72. The summed E-state index contributed by atoms with van der Waals surface area (Å²) >= 11 is 0. The minimum Gasteiger partial charge on any atom is -0.443 e. The maximum atomic E-state index is 12.2. The molecule has 3 heteroatoms. The van der Waals surface area contributed by atoms with Crippen LogP contribution in [0.4, 0.5) is 4.79 Å². The van der Waals surface area contributed by atoms with Crippen LogP contribution in [0.5, 0.6) is 0 Å². The largest absolute Gasteiger partial charge is 0.443 e. The summed E-state index contributed by atoms with van der Waals surface area (Å²) in [7, 11) is 0. The molecule has 0 spiro atoms. The number of hydrogen-bond acceptors (Lipinski definition) is 2. The molecule has 1 rings (SSSR count). The molecule has 1 aromatic carbocycles. The third-order valence-corrected chi connectivity index (χ3v) is 2.68. The van der Waals surface area contributed by atoms with Gasteiger partial charge in [0.1, 0.15) is 5.60 Å². The summed E-state index contributed by atoms with van der Waals surface area (Å²) in [6, 6.07) is 7.82. The number of nitrogens with zero attached hydrogens (tertiary/aromatic N) is 1. The summed E-state index contributed by atoms with van der Waals surface area (Å²) in [5, 5.41) is 0. The molecule has 20 heavy (non-hydrogen) atoms. The van der Waals surface area contributed by atoms with E-state index < -0.39 is 5.60 Å². The van der Waals surface area contributed by atoms with Gasteiger partial charge in [-0.05, 0) is 38.8 Å². The van der Waals surface area contributed by atoms with Crippen molar-refractivity contribution in [1.29, 1.82) is 0 Å². The summed E-state index contributed by atoms with van der Waals surface area (Å²) in [5.74, 6) is 0. The third-order valence-electron chi connectivity index (χ3n) is 2.68. The molecule has 0 radical (unpaired) electrons. The van der Waals surface area contributed by atoms with E-state index in [4.69, 9.17) is 4.74 Å². The number of ether oxygens (including phenoxy) is 1. The minimum atomic E-state index is -0.525. The Labute approximate surface area is 121 Å². The Morgan fingerprint density at radius 3 is 2.45 bits per heavy atom. The van der Waals surface area contributed by atoms with Gasteiger partial charge in [0.2, 0.25) is 0 Å². The molecule has 1 amide bonds. The normalized spacial score (nSPS) is 10.8. The smallest absolute Gasteiger partial charge is 0.414 e. The van der Waals surface area contributed by atoms with Gasteiger partial charge in [0, 0.05) is 5.70 Å². The van der Waals surface area contributed by atoms with Crippen molar-refractivity contribution in [1.82, 2.24) is 4.90 Å². The van der Waals surface area contributed by atoms with E-state index in [1.54, 1.807) is 13.0 Å². The van der Waals surface area contributed by atoms with Crippen molar-refractivity contribution in [2.75, 3.05) is 0 Å². The van der Waals surface area contributed by atoms with Crippen molar-refractivity contribution in [3.8, 4) is 0 Å². The Bertz CT molecular complexity index is 512. The van der Waals surface area contributed by atoms with E-state index in [1.165, 1.54) is 4.90 Å². The van der Waals surface area contributed by atoms with E-state index in [1.807, 2.05) is 45.0 Å². The molecule has 0 saturated heterocycles. The van der Waals surface area contributed by atoms with Gasteiger partial charge < -0.3 is 4.74 Å². The first kappa shape index (κ1) is 16.0. The molecule has 0 N–H and O–H groups in total. The molecule has 0 aliphatic rings. The Morgan fingerprint density at radius 2 is 1.95 bits per heavy atom. The fraction of sp³-hybridized carbons (Fsp3) is 0.353. The average molecular weight is 273 g/mol. The predicted octanol–water partition coefficient (Wildman–Crippen LogP) is 4.60. The molecule has 0 aromatic heterocycles. The van der Waals surface area contributed by atoms with E-state index in [-0.39, 0.29) is 6.09 Å². The number of hydrogen-bond donors (Lipinski definition) is 0. The topological polar surface area (TPSA) is 29.5 Å². The number of amides is 1. The van der Waals surface area contributed by atoms with Crippen molar-refractivity contribution in [2.24, 2.45) is 0 Å². The zero-order chi connectivity index (χ0) is 15.3. The maximum Gasteiger partial charge on any atom is 0.414 e. The molecule has 0 unspecified atom stereocenters. The van der Waals surface area contributed by atoms with Crippen molar-refractivity contribution >= 4 is 12.2 Å². The van der Waals surface area contributed by atoms with Crippen LogP contribution in [-0.2, 0) is 11.3 Å². The van der Waals surface area contributed by atoms with Gasteiger partial charge in [0.05, 0.1) is 6.54 Å². The second kappa shape index (κ2) is 6.42. The Hall–Kier alpha value is -2.03. The molecular weight excluding hydrogens is 250 g/mol. The highest BCUT2D eigenvalue weighted by Crippen LogP contribution is 2.18. The van der Waals surface area contributed by atoms with E-state index in [2.05, 4.69) is 13.2 Å². The zero-order valence-electron chi connectivity index (χ0n) is 12.8. The highest BCUT2D eigenvalue weighted by Gasteiger charge is 2.23. The fourth-order valence-corrected chi connectivity index (χ4v) is 1.72. The molecule has 0 atom stereocenters. The lowest BCUT2D eigenvalue weighted by Crippen LogP contribution is -2.35. The summed E-state index contributed by atoms with van der Waals surface area (Å²) in [6.45, 7) is 15.4. The molecule has 1 aromatic rings. The predicted molar refractivity (Wildman–Crippen MR) is 83.1 cm³/mol. The average Bonchev–Trinajstić information content (AvgIpc) is 2.33. The first-order valence-electron chi connectivity index (χ1n) is 6.61. The molecule has 0 fully saturated rings. The first-order valence-corrected chi connectivity index (χ1v) is 6.61. The van der Waals surface area contributed by atoms with Crippen LogP contribution in [0.1, 0.15) is 38.8 Å². The van der Waals surface area contributed by atoms with Gasteiger partial charge >= 0.3 is 6.09 Å². The van der Waals surface area contributed by atoms with Gasteiger partial charge in [-0.1, -0.05) is 43.5 Å². The summed E-state index contributed by atoms with van der Waals surface area (Å²) in [6.07, 6.45) is 1.39. The van der Waals surface area contributed by atoms with Gasteiger partial charge in [0.15, 0.2) is 0 Å². The SMILES string of the molecule is C=Cc1ccccc1CN(C(=C)C)C(=O)OC(C)(C)C. The van der Waals surface area contributed by atoms with E-state index in [9.17, 15) is 4.79 Å². The highest BCUT2D eigenvalue weighted by atomic mass is 16.6. The molecule has 0 bridgehead atoms. The van der Waals surface area contributed by atoms with Gasteiger partial charge in [-0.2, -0.15) is 0 Å². The Kier molecular flexibility index (Phi) is 5.14. The van der Waals surface area contributed by atoms with Crippen LogP contribution in [0.3, 0.4) is 0 Å². The monoisotopic (exact) mass is 273 g/mol. The van der Waals surface area contributed by atoms with Crippen LogP contribution in [0, 0.1) is 0 Å². The van der Waals surface area contributed by atoms with Crippen LogP contribution in [0.25, 0.3) is 6.08 Å². The lowest BCUT2D eigenvalue weighted by Gasteiger charge is -2.28. The molecule has 0 aliphatic heterocycles. The third kappa shape index (κ3) is 4.57. The summed E-state index contributed by atoms with van der Waals surface area (Å²) < 4.78 is 5.41. The number of allylic oxidation sites excluding steroid dienone is 1. The number of rotatable bonds is 4. The number of carbonyl (C=O) groups is 1. The molecule has 0 saturated carbocycles. The second-order valence-electron chi connectivity index (χ2n) is 5.70. The molecule has 3 nitrogen and oxygen atoms in total. The molecule has 0 aliphatic carbocycles. The number of benzene rings is 1. The van der Waals surface area contributed by atoms with E-state index >= 15 is 0 Å². The first-order chi connectivity index (χ1) is 9.24. The van der Waals surface area contributed by atoms with Crippen LogP contribution in [0.2, 0.25) is 0 Å².